The minimum atomic E-state index is 0.138. The predicted octanol–water partition coefficient (Wildman–Crippen LogP) is 3.23. The Labute approximate surface area is 161 Å². The number of fused-ring (bicyclic) bond motifs is 1. The molecule has 2 aromatic carbocycles. The van der Waals surface area contributed by atoms with Gasteiger partial charge in [0.15, 0.2) is 0 Å². The molecule has 1 fully saturated rings. The van der Waals surface area contributed by atoms with Crippen molar-refractivity contribution in [1.82, 2.24) is 19.8 Å². The third-order valence-electron chi connectivity index (χ3n) is 5.42. The summed E-state index contributed by atoms with van der Waals surface area (Å²) in [6, 6.07) is 16.9. The van der Waals surface area contributed by atoms with Crippen LogP contribution < -0.4 is 5.32 Å². The Morgan fingerprint density at radius 3 is 2.56 bits per heavy atom. The molecule has 4 rings (SSSR count). The molecular formula is C22H28N4O. The van der Waals surface area contributed by atoms with Gasteiger partial charge in [-0.1, -0.05) is 24.3 Å². The lowest BCUT2D eigenvalue weighted by Gasteiger charge is -2.41. The fourth-order valence-electron chi connectivity index (χ4n) is 3.73. The Morgan fingerprint density at radius 2 is 1.78 bits per heavy atom. The molecule has 1 saturated heterocycles. The molecule has 3 aromatic rings. The van der Waals surface area contributed by atoms with Crippen LogP contribution >= 0.6 is 0 Å². The van der Waals surface area contributed by atoms with E-state index in [-0.39, 0.29) is 5.54 Å². The van der Waals surface area contributed by atoms with Crippen molar-refractivity contribution in [2.75, 3.05) is 32.8 Å². The van der Waals surface area contributed by atoms with E-state index in [0.29, 0.717) is 0 Å². The van der Waals surface area contributed by atoms with E-state index in [1.54, 1.807) is 0 Å². The van der Waals surface area contributed by atoms with Crippen molar-refractivity contribution in [3.8, 4) is 5.69 Å². The summed E-state index contributed by atoms with van der Waals surface area (Å²) < 4.78 is 7.60. The summed E-state index contributed by atoms with van der Waals surface area (Å²) >= 11 is 0. The van der Waals surface area contributed by atoms with Crippen LogP contribution in [0, 0.1) is 0 Å². The highest BCUT2D eigenvalue weighted by Gasteiger charge is 2.27. The van der Waals surface area contributed by atoms with Crippen molar-refractivity contribution in [2.45, 2.75) is 25.9 Å². The number of morpholine rings is 1. The minimum Gasteiger partial charge on any atom is -0.379 e. The zero-order valence-corrected chi connectivity index (χ0v) is 16.2. The van der Waals surface area contributed by atoms with Crippen molar-refractivity contribution in [2.24, 2.45) is 0 Å². The molecule has 1 N–H and O–H groups in total. The largest absolute Gasteiger partial charge is 0.379 e. The fraction of sp³-hybridized carbons (Fsp3) is 0.409. The number of rotatable bonds is 6. The molecule has 0 unspecified atom stereocenters. The second-order valence-electron chi connectivity index (χ2n) is 7.79. The standard InChI is InChI=1S/C22H28N4O/c1-22(2,25-11-13-27-14-12-25)16-23-15-18-7-9-19(10-8-18)26-17-24-20-5-3-4-6-21(20)26/h3-10,17,23H,11-16H2,1-2H3. The van der Waals surface area contributed by atoms with E-state index in [4.69, 9.17) is 4.74 Å². The van der Waals surface area contributed by atoms with Crippen molar-refractivity contribution in [3.05, 3.63) is 60.4 Å². The SMILES string of the molecule is CC(C)(CNCc1ccc(-n2cnc3ccccc32)cc1)N1CCOCC1. The second kappa shape index (κ2) is 7.80. The minimum absolute atomic E-state index is 0.138. The van der Waals surface area contributed by atoms with Crippen molar-refractivity contribution < 1.29 is 4.74 Å². The third kappa shape index (κ3) is 4.05. The van der Waals surface area contributed by atoms with Gasteiger partial charge < -0.3 is 10.1 Å². The summed E-state index contributed by atoms with van der Waals surface area (Å²) in [5, 5.41) is 3.62. The van der Waals surface area contributed by atoms with Gasteiger partial charge in [0.25, 0.3) is 0 Å². The summed E-state index contributed by atoms with van der Waals surface area (Å²) in [5.41, 5.74) is 4.73. The van der Waals surface area contributed by atoms with Gasteiger partial charge >= 0.3 is 0 Å². The maximum atomic E-state index is 5.47. The number of aromatic nitrogens is 2. The van der Waals surface area contributed by atoms with Gasteiger partial charge in [0.2, 0.25) is 0 Å². The molecule has 142 valence electrons. The van der Waals surface area contributed by atoms with Crippen molar-refractivity contribution in [1.29, 1.82) is 0 Å². The van der Waals surface area contributed by atoms with E-state index in [1.807, 2.05) is 18.5 Å². The third-order valence-corrected chi connectivity index (χ3v) is 5.42. The summed E-state index contributed by atoms with van der Waals surface area (Å²) in [6.45, 7) is 10.2. The van der Waals surface area contributed by atoms with Crippen LogP contribution in [0.3, 0.4) is 0 Å². The molecule has 0 atom stereocenters. The molecule has 0 saturated carbocycles. The first kappa shape index (κ1) is 18.2. The highest BCUT2D eigenvalue weighted by molar-refractivity contribution is 5.77. The molecular weight excluding hydrogens is 336 g/mol. The van der Waals surface area contributed by atoms with Gasteiger partial charge in [-0.3, -0.25) is 9.47 Å². The summed E-state index contributed by atoms with van der Waals surface area (Å²) in [6.07, 6.45) is 1.89. The molecule has 0 aliphatic carbocycles. The molecule has 0 spiro atoms. The number of hydrogen-bond donors (Lipinski definition) is 1. The number of para-hydroxylation sites is 2. The van der Waals surface area contributed by atoms with E-state index in [0.717, 1.165) is 56.1 Å². The lowest BCUT2D eigenvalue weighted by atomic mass is 10.0. The van der Waals surface area contributed by atoms with E-state index < -0.39 is 0 Å². The van der Waals surface area contributed by atoms with Crippen LogP contribution in [-0.4, -0.2) is 52.8 Å². The fourth-order valence-corrected chi connectivity index (χ4v) is 3.73. The molecule has 1 aromatic heterocycles. The second-order valence-corrected chi connectivity index (χ2v) is 7.79. The van der Waals surface area contributed by atoms with Crippen LogP contribution in [0.5, 0.6) is 0 Å². The Hall–Kier alpha value is -2.21. The van der Waals surface area contributed by atoms with Gasteiger partial charge in [0.1, 0.15) is 6.33 Å². The van der Waals surface area contributed by atoms with E-state index in [2.05, 4.69) is 70.0 Å². The first-order valence-electron chi connectivity index (χ1n) is 9.68. The van der Waals surface area contributed by atoms with Gasteiger partial charge in [-0.15, -0.1) is 0 Å². The molecule has 5 nitrogen and oxygen atoms in total. The topological polar surface area (TPSA) is 42.3 Å². The highest BCUT2D eigenvalue weighted by Crippen LogP contribution is 2.19. The van der Waals surface area contributed by atoms with Crippen molar-refractivity contribution in [3.63, 3.8) is 0 Å². The Morgan fingerprint density at radius 1 is 1.04 bits per heavy atom. The molecule has 1 aliphatic rings. The molecule has 2 heterocycles. The number of benzene rings is 2. The van der Waals surface area contributed by atoms with E-state index in [1.165, 1.54) is 5.56 Å². The first-order valence-corrected chi connectivity index (χ1v) is 9.68. The molecule has 0 radical (unpaired) electrons. The molecule has 27 heavy (non-hydrogen) atoms. The number of nitrogens with one attached hydrogen (secondary N) is 1. The summed E-state index contributed by atoms with van der Waals surface area (Å²) in [4.78, 5) is 6.99. The molecule has 5 heteroatoms. The first-order chi connectivity index (χ1) is 13.1. The Balaban J connectivity index is 1.37. The van der Waals surface area contributed by atoms with E-state index in [9.17, 15) is 0 Å². The van der Waals surface area contributed by atoms with Gasteiger partial charge in [0, 0.05) is 37.4 Å². The van der Waals surface area contributed by atoms with Gasteiger partial charge in [-0.2, -0.15) is 0 Å². The normalized spacial score (nSPS) is 16.1. The van der Waals surface area contributed by atoms with Crippen LogP contribution in [0.25, 0.3) is 16.7 Å². The summed E-state index contributed by atoms with van der Waals surface area (Å²) in [7, 11) is 0. The average molecular weight is 364 g/mol. The lowest BCUT2D eigenvalue weighted by Crippen LogP contribution is -2.54. The van der Waals surface area contributed by atoms with Gasteiger partial charge in [0.05, 0.1) is 24.2 Å². The highest BCUT2D eigenvalue weighted by atomic mass is 16.5. The number of nitrogens with zero attached hydrogens (tertiary/aromatic N) is 3. The average Bonchev–Trinajstić information content (AvgIpc) is 3.13. The number of ether oxygens (including phenoxy) is 1. The number of imidazole rings is 1. The summed E-state index contributed by atoms with van der Waals surface area (Å²) in [5.74, 6) is 0. The zero-order chi connectivity index (χ0) is 18.7. The van der Waals surface area contributed by atoms with Gasteiger partial charge in [-0.05, 0) is 43.7 Å². The number of hydrogen-bond acceptors (Lipinski definition) is 4. The van der Waals surface area contributed by atoms with Crippen LogP contribution in [-0.2, 0) is 11.3 Å². The Bertz CT molecular complexity index is 879. The predicted molar refractivity (Wildman–Crippen MR) is 109 cm³/mol. The maximum Gasteiger partial charge on any atom is 0.100 e. The lowest BCUT2D eigenvalue weighted by molar-refractivity contribution is -0.00966. The monoisotopic (exact) mass is 364 g/mol. The van der Waals surface area contributed by atoms with Crippen LogP contribution in [0.4, 0.5) is 0 Å². The molecule has 0 bridgehead atoms. The Kier molecular flexibility index (Phi) is 5.25. The smallest absolute Gasteiger partial charge is 0.100 e. The van der Waals surface area contributed by atoms with Crippen molar-refractivity contribution >= 4 is 11.0 Å². The zero-order valence-electron chi connectivity index (χ0n) is 16.2. The van der Waals surface area contributed by atoms with E-state index >= 15 is 0 Å². The maximum absolute atomic E-state index is 5.47. The van der Waals surface area contributed by atoms with Gasteiger partial charge in [-0.25, -0.2) is 4.98 Å². The van der Waals surface area contributed by atoms with Crippen LogP contribution in [0.15, 0.2) is 54.9 Å². The molecule has 0 amide bonds. The van der Waals surface area contributed by atoms with Crippen LogP contribution in [0.1, 0.15) is 19.4 Å². The quantitative estimate of drug-likeness (QED) is 0.729. The molecule has 1 aliphatic heterocycles. The van der Waals surface area contributed by atoms with Crippen LogP contribution in [0.2, 0.25) is 0 Å².